The number of hydrogen-bond donors (Lipinski definition) is 2. The molecular weight excluding hydrogens is 336 g/mol. The van der Waals surface area contributed by atoms with Gasteiger partial charge < -0.3 is 10.2 Å². The zero-order valence-corrected chi connectivity index (χ0v) is 15.2. The van der Waals surface area contributed by atoms with Crippen LogP contribution < -0.4 is 14.9 Å². The Morgan fingerprint density at radius 3 is 2.52 bits per heavy atom. The van der Waals surface area contributed by atoms with Crippen molar-refractivity contribution in [3.8, 4) is 0 Å². The molecule has 0 saturated carbocycles. The van der Waals surface area contributed by atoms with Crippen LogP contribution in [-0.2, 0) is 16.6 Å². The van der Waals surface area contributed by atoms with Crippen molar-refractivity contribution in [2.45, 2.75) is 30.7 Å². The number of aromatic nitrogens is 1. The van der Waals surface area contributed by atoms with E-state index in [2.05, 4.69) is 38.1 Å². The number of piperidine rings is 1. The van der Waals surface area contributed by atoms with Gasteiger partial charge in [-0.1, -0.05) is 18.2 Å². The van der Waals surface area contributed by atoms with Gasteiger partial charge in [0.15, 0.2) is 0 Å². The topological polar surface area (TPSA) is 74.3 Å². The molecule has 25 heavy (non-hydrogen) atoms. The number of para-hydroxylation sites is 1. The van der Waals surface area contributed by atoms with Crippen LogP contribution in [0.3, 0.4) is 0 Å². The summed E-state index contributed by atoms with van der Waals surface area (Å²) in [5, 5.41) is 3.28. The van der Waals surface area contributed by atoms with Crippen molar-refractivity contribution in [3.05, 3.63) is 48.2 Å². The Kier molecular flexibility index (Phi) is 5.55. The number of anilines is 2. The minimum Gasteiger partial charge on any atom is -0.371 e. The van der Waals surface area contributed by atoms with E-state index in [4.69, 9.17) is 0 Å². The zero-order chi connectivity index (χ0) is 17.7. The van der Waals surface area contributed by atoms with Crippen LogP contribution in [0, 0.1) is 0 Å². The van der Waals surface area contributed by atoms with Crippen molar-refractivity contribution in [1.82, 2.24) is 9.71 Å². The summed E-state index contributed by atoms with van der Waals surface area (Å²) in [5.41, 5.74) is 2.49. The maximum atomic E-state index is 11.7. The maximum Gasteiger partial charge on any atom is 0.241 e. The smallest absolute Gasteiger partial charge is 0.241 e. The monoisotopic (exact) mass is 360 g/mol. The summed E-state index contributed by atoms with van der Waals surface area (Å²) in [6, 6.07) is 11.6. The molecule has 0 unspecified atom stereocenters. The Balaban J connectivity index is 1.70. The molecule has 0 spiro atoms. The van der Waals surface area contributed by atoms with Crippen molar-refractivity contribution < 1.29 is 8.42 Å². The average molecular weight is 360 g/mol. The molecule has 134 valence electrons. The lowest BCUT2D eigenvalue weighted by atomic mass is 10.1. The third-order valence-electron chi connectivity index (χ3n) is 4.46. The molecule has 0 radical (unpaired) electrons. The molecule has 6 nitrogen and oxygen atoms in total. The Morgan fingerprint density at radius 2 is 1.84 bits per heavy atom. The number of rotatable bonds is 6. The van der Waals surface area contributed by atoms with Gasteiger partial charge in [-0.05, 0) is 50.1 Å². The third-order valence-corrected chi connectivity index (χ3v) is 5.86. The summed E-state index contributed by atoms with van der Waals surface area (Å²) >= 11 is 0. The molecule has 3 rings (SSSR count). The Bertz CT molecular complexity index is 800. The highest BCUT2D eigenvalue weighted by Gasteiger charge is 2.14. The van der Waals surface area contributed by atoms with E-state index in [1.165, 1.54) is 43.8 Å². The predicted molar refractivity (Wildman–Crippen MR) is 100 cm³/mol. The zero-order valence-electron chi connectivity index (χ0n) is 14.4. The molecule has 1 aliphatic heterocycles. The molecule has 1 aromatic carbocycles. The van der Waals surface area contributed by atoms with E-state index in [9.17, 15) is 8.42 Å². The fourth-order valence-electron chi connectivity index (χ4n) is 3.05. The first-order valence-electron chi connectivity index (χ1n) is 8.56. The summed E-state index contributed by atoms with van der Waals surface area (Å²) in [5.74, 6) is 0.656. The summed E-state index contributed by atoms with van der Waals surface area (Å²) in [6.45, 7) is 2.86. The molecule has 7 heteroatoms. The predicted octanol–water partition coefficient (Wildman–Crippen LogP) is 2.59. The second-order valence-corrected chi connectivity index (χ2v) is 8.00. The van der Waals surface area contributed by atoms with Gasteiger partial charge in [-0.15, -0.1) is 0 Å². The van der Waals surface area contributed by atoms with Crippen LogP contribution in [0.15, 0.2) is 47.5 Å². The van der Waals surface area contributed by atoms with Crippen molar-refractivity contribution >= 4 is 21.5 Å². The number of nitrogens with zero attached hydrogens (tertiary/aromatic N) is 2. The standard InChI is InChI=1S/C18H24N4O2S/c1-19-25(23,24)16-9-10-18(21-14-16)20-13-15-7-3-4-8-17(15)22-11-5-2-6-12-22/h3-4,7-10,14,19H,2,5-6,11-13H2,1H3,(H,20,21). The van der Waals surface area contributed by atoms with Crippen molar-refractivity contribution in [2.75, 3.05) is 30.4 Å². The molecule has 1 fully saturated rings. The van der Waals surface area contributed by atoms with Crippen LogP contribution >= 0.6 is 0 Å². The van der Waals surface area contributed by atoms with Gasteiger partial charge in [-0.25, -0.2) is 18.1 Å². The van der Waals surface area contributed by atoms with Crippen molar-refractivity contribution in [2.24, 2.45) is 0 Å². The average Bonchev–Trinajstić information content (AvgIpc) is 2.67. The van der Waals surface area contributed by atoms with E-state index in [1.807, 2.05) is 6.07 Å². The molecule has 0 aliphatic carbocycles. The lowest BCUT2D eigenvalue weighted by molar-refractivity contribution is 0.576. The number of pyridine rings is 1. The van der Waals surface area contributed by atoms with Crippen LogP contribution in [0.2, 0.25) is 0 Å². The molecule has 0 amide bonds. The fourth-order valence-corrected chi connectivity index (χ4v) is 3.73. The fraction of sp³-hybridized carbons (Fsp3) is 0.389. The molecule has 2 heterocycles. The van der Waals surface area contributed by atoms with E-state index in [0.717, 1.165) is 13.1 Å². The van der Waals surface area contributed by atoms with Gasteiger partial charge in [-0.3, -0.25) is 0 Å². The first-order chi connectivity index (χ1) is 12.1. The maximum absolute atomic E-state index is 11.7. The minimum absolute atomic E-state index is 0.161. The summed E-state index contributed by atoms with van der Waals surface area (Å²) in [4.78, 5) is 6.81. The van der Waals surface area contributed by atoms with Crippen LogP contribution in [0.1, 0.15) is 24.8 Å². The molecule has 1 saturated heterocycles. The number of nitrogens with one attached hydrogen (secondary N) is 2. The first-order valence-corrected chi connectivity index (χ1v) is 10.0. The molecule has 0 bridgehead atoms. The molecular formula is C18H24N4O2S. The number of sulfonamides is 1. The minimum atomic E-state index is -3.45. The lowest BCUT2D eigenvalue weighted by Crippen LogP contribution is -2.30. The Labute approximate surface area is 149 Å². The highest BCUT2D eigenvalue weighted by atomic mass is 32.2. The van der Waals surface area contributed by atoms with Gasteiger partial charge in [0.2, 0.25) is 10.0 Å². The van der Waals surface area contributed by atoms with E-state index >= 15 is 0 Å². The van der Waals surface area contributed by atoms with Gasteiger partial charge in [0.05, 0.1) is 0 Å². The van der Waals surface area contributed by atoms with Gasteiger partial charge in [0, 0.05) is 31.5 Å². The SMILES string of the molecule is CNS(=O)(=O)c1ccc(NCc2ccccc2N2CCCCC2)nc1. The summed E-state index contributed by atoms with van der Waals surface area (Å²) < 4.78 is 25.8. The van der Waals surface area contributed by atoms with Crippen LogP contribution in [0.4, 0.5) is 11.5 Å². The van der Waals surface area contributed by atoms with Gasteiger partial charge in [0.1, 0.15) is 10.7 Å². The highest BCUT2D eigenvalue weighted by Crippen LogP contribution is 2.24. The highest BCUT2D eigenvalue weighted by molar-refractivity contribution is 7.89. The molecule has 2 N–H and O–H groups in total. The van der Waals surface area contributed by atoms with Crippen molar-refractivity contribution in [1.29, 1.82) is 0 Å². The number of hydrogen-bond acceptors (Lipinski definition) is 5. The molecule has 1 aliphatic rings. The van der Waals surface area contributed by atoms with Gasteiger partial charge >= 0.3 is 0 Å². The van der Waals surface area contributed by atoms with E-state index in [0.29, 0.717) is 12.4 Å². The second kappa shape index (κ2) is 7.84. The second-order valence-electron chi connectivity index (χ2n) is 6.12. The lowest BCUT2D eigenvalue weighted by Gasteiger charge is -2.30. The molecule has 2 aromatic rings. The molecule has 0 atom stereocenters. The summed E-state index contributed by atoms with van der Waals surface area (Å²) in [7, 11) is -2.06. The van der Waals surface area contributed by atoms with Crippen LogP contribution in [0.25, 0.3) is 0 Å². The molecule has 1 aromatic heterocycles. The Hall–Kier alpha value is -2.12. The third kappa shape index (κ3) is 4.29. The normalized spacial score (nSPS) is 15.2. The van der Waals surface area contributed by atoms with E-state index < -0.39 is 10.0 Å². The first kappa shape index (κ1) is 17.7. The Morgan fingerprint density at radius 1 is 1.08 bits per heavy atom. The van der Waals surface area contributed by atoms with Gasteiger partial charge in [0.25, 0.3) is 0 Å². The van der Waals surface area contributed by atoms with E-state index in [-0.39, 0.29) is 4.90 Å². The van der Waals surface area contributed by atoms with Crippen LogP contribution in [-0.4, -0.2) is 33.5 Å². The largest absolute Gasteiger partial charge is 0.371 e. The summed E-state index contributed by atoms with van der Waals surface area (Å²) in [6.07, 6.45) is 5.16. The van der Waals surface area contributed by atoms with Gasteiger partial charge in [-0.2, -0.15) is 0 Å². The van der Waals surface area contributed by atoms with Crippen LogP contribution in [0.5, 0.6) is 0 Å². The quantitative estimate of drug-likeness (QED) is 0.828. The number of benzene rings is 1. The van der Waals surface area contributed by atoms with E-state index in [1.54, 1.807) is 12.1 Å². The van der Waals surface area contributed by atoms with Crippen molar-refractivity contribution in [3.63, 3.8) is 0 Å².